The van der Waals surface area contributed by atoms with Gasteiger partial charge in [-0.3, -0.25) is 4.79 Å². The van der Waals surface area contributed by atoms with Gasteiger partial charge in [-0.25, -0.2) is 4.98 Å². The summed E-state index contributed by atoms with van der Waals surface area (Å²) in [6.45, 7) is 0. The molecule has 35 heavy (non-hydrogen) atoms. The highest BCUT2D eigenvalue weighted by Crippen LogP contribution is 2.44. The fraction of sp³-hybridized carbons (Fsp3) is 0.0833. The van der Waals surface area contributed by atoms with Gasteiger partial charge in [-0.2, -0.15) is 10.5 Å². The molecule has 4 aromatic rings. The van der Waals surface area contributed by atoms with Crippen LogP contribution in [0.1, 0.15) is 26.9 Å². The molecule has 0 fully saturated rings. The van der Waals surface area contributed by atoms with E-state index in [4.69, 9.17) is 17.3 Å². The van der Waals surface area contributed by atoms with Crippen molar-refractivity contribution in [3.63, 3.8) is 0 Å². The number of hydrogen-bond donors (Lipinski definition) is 3. The number of carbonyl (C=O) groups excluding carboxylic acids is 1. The molecule has 1 unspecified atom stereocenters. The second-order valence-corrected chi connectivity index (χ2v) is 10.9. The first-order valence-corrected chi connectivity index (χ1v) is 13.2. The van der Waals surface area contributed by atoms with Gasteiger partial charge in [-0.1, -0.05) is 29.8 Å². The van der Waals surface area contributed by atoms with E-state index in [1.165, 1.54) is 34.0 Å². The van der Waals surface area contributed by atoms with E-state index in [1.54, 1.807) is 12.1 Å². The van der Waals surface area contributed by atoms with E-state index in [0.29, 0.717) is 32.0 Å². The van der Waals surface area contributed by atoms with Crippen LogP contribution in [0.15, 0.2) is 58.6 Å². The van der Waals surface area contributed by atoms with Crippen LogP contribution in [-0.4, -0.2) is 10.9 Å². The highest BCUT2D eigenvalue weighted by atomic mass is 35.5. The Balaban J connectivity index is 1.40. The third-order valence-electron chi connectivity index (χ3n) is 5.37. The Morgan fingerprint density at radius 1 is 1.20 bits per heavy atom. The Bertz CT molecular complexity index is 1540. The predicted molar refractivity (Wildman–Crippen MR) is 141 cm³/mol. The van der Waals surface area contributed by atoms with E-state index in [2.05, 4.69) is 27.8 Å². The molecule has 1 atom stereocenters. The fourth-order valence-corrected chi connectivity index (χ4v) is 6.84. The minimum Gasteiger partial charge on any atom is -0.384 e. The van der Waals surface area contributed by atoms with Crippen molar-refractivity contribution in [2.24, 2.45) is 5.73 Å². The molecule has 4 heterocycles. The average Bonchev–Trinajstić information content (AvgIpc) is 3.58. The highest BCUT2D eigenvalue weighted by Gasteiger charge is 2.32. The maximum atomic E-state index is 12.9. The quantitative estimate of drug-likeness (QED) is 0.293. The monoisotopic (exact) mass is 534 g/mol. The first-order valence-electron chi connectivity index (χ1n) is 10.3. The van der Waals surface area contributed by atoms with E-state index in [1.807, 2.05) is 35.0 Å². The van der Waals surface area contributed by atoms with Crippen molar-refractivity contribution in [1.29, 1.82) is 10.5 Å². The van der Waals surface area contributed by atoms with Crippen molar-refractivity contribution >= 4 is 62.3 Å². The molecule has 0 radical (unpaired) electrons. The number of fused-ring (bicyclic) bond motifs is 1. The molecular formula is C24H15ClN6OS3. The molecule has 5 rings (SSSR count). The summed E-state index contributed by atoms with van der Waals surface area (Å²) in [5.41, 5.74) is 8.63. The fourth-order valence-electron chi connectivity index (χ4n) is 3.80. The Hall–Kier alpha value is -3.67. The summed E-state index contributed by atoms with van der Waals surface area (Å²) in [6, 6.07) is 15.5. The van der Waals surface area contributed by atoms with Gasteiger partial charge in [0.05, 0.1) is 34.4 Å². The number of nitrogens with zero attached hydrogens (tertiary/aromatic N) is 3. The Morgan fingerprint density at radius 3 is 2.69 bits per heavy atom. The van der Waals surface area contributed by atoms with E-state index in [9.17, 15) is 15.3 Å². The Labute approximate surface area is 217 Å². The number of hydrogen-bond acceptors (Lipinski definition) is 9. The molecule has 172 valence electrons. The minimum atomic E-state index is -0.404. The SMILES string of the molecule is N#CC1=C(N)Nc2nc(CC(=O)Nc3scc(-c4cccs4)c3C#N)sc2C1c1ccc(Cl)cc1. The summed E-state index contributed by atoms with van der Waals surface area (Å²) in [5.74, 6) is 0.0815. The summed E-state index contributed by atoms with van der Waals surface area (Å²) in [7, 11) is 0. The second-order valence-electron chi connectivity index (χ2n) is 7.54. The van der Waals surface area contributed by atoms with E-state index in [-0.39, 0.29) is 18.1 Å². The number of aromatic nitrogens is 1. The van der Waals surface area contributed by atoms with Gasteiger partial charge in [-0.05, 0) is 29.1 Å². The Morgan fingerprint density at radius 2 is 2.00 bits per heavy atom. The molecule has 7 nitrogen and oxygen atoms in total. The molecule has 4 N–H and O–H groups in total. The van der Waals surface area contributed by atoms with Gasteiger partial charge < -0.3 is 16.4 Å². The third-order valence-corrected chi connectivity index (χ3v) is 8.54. The van der Waals surface area contributed by atoms with Gasteiger partial charge >= 0.3 is 0 Å². The molecular weight excluding hydrogens is 520 g/mol. The molecule has 3 aromatic heterocycles. The lowest BCUT2D eigenvalue weighted by molar-refractivity contribution is -0.115. The first-order chi connectivity index (χ1) is 17.0. The molecule has 1 amide bonds. The van der Waals surface area contributed by atoms with E-state index in [0.717, 1.165) is 20.9 Å². The van der Waals surface area contributed by atoms with Gasteiger partial charge in [-0.15, -0.1) is 34.0 Å². The van der Waals surface area contributed by atoms with Gasteiger partial charge in [0.15, 0.2) is 0 Å². The van der Waals surface area contributed by atoms with Crippen LogP contribution in [-0.2, 0) is 11.2 Å². The number of anilines is 2. The average molecular weight is 535 g/mol. The largest absolute Gasteiger partial charge is 0.384 e. The zero-order valence-corrected chi connectivity index (χ0v) is 21.0. The molecule has 0 saturated heterocycles. The third kappa shape index (κ3) is 4.41. The normalized spacial score (nSPS) is 14.5. The maximum Gasteiger partial charge on any atom is 0.231 e. The summed E-state index contributed by atoms with van der Waals surface area (Å²) in [4.78, 5) is 19.2. The van der Waals surface area contributed by atoms with Gasteiger partial charge in [0.2, 0.25) is 5.91 Å². The molecule has 0 spiro atoms. The zero-order chi connectivity index (χ0) is 24.5. The number of rotatable bonds is 5. The lowest BCUT2D eigenvalue weighted by Gasteiger charge is -2.23. The maximum absolute atomic E-state index is 12.9. The predicted octanol–water partition coefficient (Wildman–Crippen LogP) is 5.89. The van der Waals surface area contributed by atoms with Crippen molar-refractivity contribution in [3.05, 3.63) is 84.6 Å². The number of amides is 1. The van der Waals surface area contributed by atoms with Gasteiger partial charge in [0, 0.05) is 20.8 Å². The number of nitrogens with one attached hydrogen (secondary N) is 2. The molecule has 0 saturated carbocycles. The van der Waals surface area contributed by atoms with Crippen LogP contribution in [0.3, 0.4) is 0 Å². The number of thiophene rings is 2. The Kier molecular flexibility index (Phi) is 6.29. The van der Waals surface area contributed by atoms with Crippen LogP contribution in [0.25, 0.3) is 10.4 Å². The van der Waals surface area contributed by atoms with Crippen LogP contribution in [0.2, 0.25) is 5.02 Å². The number of nitriles is 2. The number of benzene rings is 1. The number of thiazole rings is 1. The molecule has 1 aliphatic heterocycles. The number of carbonyl (C=O) groups is 1. The van der Waals surface area contributed by atoms with Gasteiger partial charge in [0.25, 0.3) is 0 Å². The standard InChI is InChI=1S/C24H15ClN6OS3/c25-13-5-3-12(4-6-13)20-15(10-27)22(28)31-23-21(20)35-19(30-23)8-18(32)29-24-14(9-26)16(11-34-24)17-2-1-7-33-17/h1-7,11,20,31H,8,28H2,(H,29,32). The van der Waals surface area contributed by atoms with Crippen LogP contribution >= 0.6 is 45.6 Å². The van der Waals surface area contributed by atoms with Crippen molar-refractivity contribution in [2.75, 3.05) is 10.6 Å². The number of nitrogens with two attached hydrogens (primary N) is 1. The van der Waals surface area contributed by atoms with Crippen LogP contribution < -0.4 is 16.4 Å². The molecule has 0 bridgehead atoms. The molecule has 11 heteroatoms. The smallest absolute Gasteiger partial charge is 0.231 e. The van der Waals surface area contributed by atoms with E-state index >= 15 is 0 Å². The molecule has 1 aliphatic rings. The van der Waals surface area contributed by atoms with Crippen molar-refractivity contribution < 1.29 is 4.79 Å². The number of allylic oxidation sites excluding steroid dienone is 1. The summed E-state index contributed by atoms with van der Waals surface area (Å²) >= 11 is 10.3. The minimum absolute atomic E-state index is 0.0194. The summed E-state index contributed by atoms with van der Waals surface area (Å²) < 4.78 is 0. The first kappa shape index (κ1) is 23.1. The number of halogens is 1. The lowest BCUT2D eigenvalue weighted by atomic mass is 9.88. The second kappa shape index (κ2) is 9.53. The molecule has 0 aliphatic carbocycles. The van der Waals surface area contributed by atoms with E-state index < -0.39 is 5.92 Å². The van der Waals surface area contributed by atoms with Gasteiger partial charge in [0.1, 0.15) is 27.7 Å². The van der Waals surface area contributed by atoms with Crippen molar-refractivity contribution in [1.82, 2.24) is 4.98 Å². The molecule has 1 aromatic carbocycles. The van der Waals surface area contributed by atoms with Crippen molar-refractivity contribution in [3.8, 4) is 22.6 Å². The topological polar surface area (TPSA) is 128 Å². The van der Waals surface area contributed by atoms with Crippen LogP contribution in [0, 0.1) is 22.7 Å². The lowest BCUT2D eigenvalue weighted by Crippen LogP contribution is -2.22. The van der Waals surface area contributed by atoms with Crippen molar-refractivity contribution in [2.45, 2.75) is 12.3 Å². The van der Waals surface area contributed by atoms with Crippen LogP contribution in [0.5, 0.6) is 0 Å². The van der Waals surface area contributed by atoms with Crippen LogP contribution in [0.4, 0.5) is 10.8 Å². The summed E-state index contributed by atoms with van der Waals surface area (Å²) in [6.07, 6.45) is 0.0194. The highest BCUT2D eigenvalue weighted by molar-refractivity contribution is 7.17. The zero-order valence-electron chi connectivity index (χ0n) is 17.8. The summed E-state index contributed by atoms with van der Waals surface area (Å²) in [5, 5.41) is 30.8.